The van der Waals surface area contributed by atoms with Crippen molar-refractivity contribution in [3.05, 3.63) is 34.9 Å². The van der Waals surface area contributed by atoms with Crippen LogP contribution in [0.2, 0.25) is 5.02 Å². The number of carboxylic acid groups (broad SMARTS) is 1. The highest BCUT2D eigenvalue weighted by molar-refractivity contribution is 6.30. The lowest BCUT2D eigenvalue weighted by Gasteiger charge is -2.23. The second-order valence-electron chi connectivity index (χ2n) is 4.64. The fraction of sp³-hybridized carbons (Fsp3) is 0.429. The first-order valence-electron chi connectivity index (χ1n) is 6.34. The number of carbonyl (C=O) groups excluding carboxylic acids is 1. The summed E-state index contributed by atoms with van der Waals surface area (Å²) >= 11 is 5.78. The van der Waals surface area contributed by atoms with E-state index in [1.165, 1.54) is 0 Å². The van der Waals surface area contributed by atoms with Gasteiger partial charge >= 0.3 is 5.97 Å². The van der Waals surface area contributed by atoms with Crippen molar-refractivity contribution in [3.63, 3.8) is 0 Å². The van der Waals surface area contributed by atoms with E-state index in [9.17, 15) is 9.59 Å². The van der Waals surface area contributed by atoms with Crippen molar-refractivity contribution in [2.75, 3.05) is 13.6 Å². The van der Waals surface area contributed by atoms with Crippen molar-refractivity contribution in [2.24, 2.45) is 0 Å². The number of aliphatic carboxylic acids is 1. The molecule has 0 saturated heterocycles. The summed E-state index contributed by atoms with van der Waals surface area (Å²) in [5, 5.41) is 12.1. The molecule has 1 rings (SSSR count). The largest absolute Gasteiger partial charge is 0.481 e. The van der Waals surface area contributed by atoms with Crippen molar-refractivity contribution in [2.45, 2.75) is 25.9 Å². The highest BCUT2D eigenvalue weighted by atomic mass is 35.5. The van der Waals surface area contributed by atoms with E-state index in [2.05, 4.69) is 5.32 Å². The third kappa shape index (κ3) is 7.32. The van der Waals surface area contributed by atoms with Crippen LogP contribution in [0.25, 0.3) is 0 Å². The molecule has 0 bridgehead atoms. The minimum Gasteiger partial charge on any atom is -0.481 e. The number of nitrogens with one attached hydrogen (secondary N) is 1. The number of halogens is 2. The molecule has 5 nitrogen and oxygen atoms in total. The second kappa shape index (κ2) is 9.60. The summed E-state index contributed by atoms with van der Waals surface area (Å²) in [6, 6.07) is 6.86. The number of nitrogens with zero attached hydrogens (tertiary/aromatic N) is 1. The number of carboxylic acids is 1. The Morgan fingerprint density at radius 1 is 1.33 bits per heavy atom. The molecule has 2 N–H and O–H groups in total. The van der Waals surface area contributed by atoms with Gasteiger partial charge in [0.15, 0.2) is 0 Å². The first kappa shape index (κ1) is 19.7. The number of likely N-dealkylation sites (N-methyl/N-ethyl adjacent to an activating group) is 1. The van der Waals surface area contributed by atoms with Crippen molar-refractivity contribution < 1.29 is 14.7 Å². The predicted molar refractivity (Wildman–Crippen MR) is 84.9 cm³/mol. The lowest BCUT2D eigenvalue weighted by Crippen LogP contribution is -2.43. The zero-order valence-electron chi connectivity index (χ0n) is 12.0. The Morgan fingerprint density at radius 3 is 2.43 bits per heavy atom. The summed E-state index contributed by atoms with van der Waals surface area (Å²) < 4.78 is 0. The average molecular weight is 335 g/mol. The van der Waals surface area contributed by atoms with E-state index < -0.39 is 5.97 Å². The highest BCUT2D eigenvalue weighted by Crippen LogP contribution is 2.09. The number of carbonyl (C=O) groups is 2. The molecule has 0 radical (unpaired) electrons. The van der Waals surface area contributed by atoms with Gasteiger partial charge < -0.3 is 10.4 Å². The average Bonchev–Trinajstić information content (AvgIpc) is 2.42. The van der Waals surface area contributed by atoms with Crippen LogP contribution in [0.5, 0.6) is 0 Å². The van der Waals surface area contributed by atoms with Gasteiger partial charge in [-0.05, 0) is 31.7 Å². The van der Waals surface area contributed by atoms with E-state index in [-0.39, 0.29) is 30.8 Å². The van der Waals surface area contributed by atoms with Crippen LogP contribution in [0.15, 0.2) is 24.3 Å². The van der Waals surface area contributed by atoms with Crippen LogP contribution >= 0.6 is 24.0 Å². The van der Waals surface area contributed by atoms with Gasteiger partial charge in [-0.3, -0.25) is 14.5 Å². The summed E-state index contributed by atoms with van der Waals surface area (Å²) in [6.07, 6.45) is 0.0192. The molecule has 0 aromatic heterocycles. The maximum atomic E-state index is 11.9. The van der Waals surface area contributed by atoms with Crippen LogP contribution < -0.4 is 5.32 Å². The highest BCUT2D eigenvalue weighted by Gasteiger charge is 2.18. The first-order valence-corrected chi connectivity index (χ1v) is 6.72. The first-order chi connectivity index (χ1) is 9.40. The van der Waals surface area contributed by atoms with Crippen LogP contribution in [0.4, 0.5) is 0 Å². The normalized spacial score (nSPS) is 11.6. The van der Waals surface area contributed by atoms with E-state index in [1.54, 1.807) is 31.0 Å². The summed E-state index contributed by atoms with van der Waals surface area (Å²) in [6.45, 7) is 2.51. The minimum absolute atomic E-state index is 0. The summed E-state index contributed by atoms with van der Waals surface area (Å²) in [5.74, 6) is -1.00. The fourth-order valence-corrected chi connectivity index (χ4v) is 1.73. The van der Waals surface area contributed by atoms with Crippen LogP contribution in [-0.2, 0) is 16.1 Å². The zero-order valence-corrected chi connectivity index (χ0v) is 13.6. The molecule has 118 valence electrons. The molecule has 21 heavy (non-hydrogen) atoms. The number of hydrogen-bond acceptors (Lipinski definition) is 3. The van der Waals surface area contributed by atoms with Crippen LogP contribution in [0.1, 0.15) is 18.9 Å². The van der Waals surface area contributed by atoms with E-state index in [1.807, 2.05) is 12.1 Å². The molecular weight excluding hydrogens is 315 g/mol. The smallest absolute Gasteiger partial charge is 0.304 e. The molecule has 0 aliphatic carbocycles. The standard InChI is InChI=1S/C14H19ClN2O3.ClH/c1-10(17(2)8-7-13(18)19)14(20)16-9-11-3-5-12(15)6-4-11;/h3-6,10H,7-9H2,1-2H3,(H,16,20)(H,18,19);1H. The van der Waals surface area contributed by atoms with Crippen molar-refractivity contribution >= 4 is 35.9 Å². The van der Waals surface area contributed by atoms with Crippen molar-refractivity contribution in [3.8, 4) is 0 Å². The monoisotopic (exact) mass is 334 g/mol. The Balaban J connectivity index is 0.00000400. The van der Waals surface area contributed by atoms with Gasteiger partial charge in [0, 0.05) is 18.1 Å². The van der Waals surface area contributed by atoms with Gasteiger partial charge in [0.2, 0.25) is 5.91 Å². The molecule has 0 saturated carbocycles. The van der Waals surface area contributed by atoms with E-state index in [4.69, 9.17) is 16.7 Å². The molecule has 1 unspecified atom stereocenters. The molecule has 1 atom stereocenters. The summed E-state index contributed by atoms with van der Waals surface area (Å²) in [7, 11) is 1.73. The molecule has 0 heterocycles. The van der Waals surface area contributed by atoms with Crippen LogP contribution in [0.3, 0.4) is 0 Å². The molecule has 1 amide bonds. The Hall–Kier alpha value is -1.30. The van der Waals surface area contributed by atoms with Gasteiger partial charge in [0.05, 0.1) is 12.5 Å². The molecule has 1 aromatic rings. The predicted octanol–water partition coefficient (Wildman–Crippen LogP) is 2.17. The quantitative estimate of drug-likeness (QED) is 0.801. The second-order valence-corrected chi connectivity index (χ2v) is 5.08. The van der Waals surface area contributed by atoms with E-state index >= 15 is 0 Å². The topological polar surface area (TPSA) is 69.6 Å². The van der Waals surface area contributed by atoms with Gasteiger partial charge in [-0.2, -0.15) is 0 Å². The molecule has 0 fully saturated rings. The molecular formula is C14H20Cl2N2O3. The van der Waals surface area contributed by atoms with Crippen molar-refractivity contribution in [1.29, 1.82) is 0 Å². The van der Waals surface area contributed by atoms with Gasteiger partial charge in [-0.25, -0.2) is 0 Å². The minimum atomic E-state index is -0.870. The van der Waals surface area contributed by atoms with E-state index in [0.717, 1.165) is 5.56 Å². The maximum absolute atomic E-state index is 11.9. The SMILES string of the molecule is CC(C(=O)NCc1ccc(Cl)cc1)N(C)CCC(=O)O.Cl. The molecule has 0 aliphatic rings. The summed E-state index contributed by atoms with van der Waals surface area (Å²) in [5.41, 5.74) is 0.961. The van der Waals surface area contributed by atoms with E-state index in [0.29, 0.717) is 18.1 Å². The zero-order chi connectivity index (χ0) is 15.1. The number of hydrogen-bond donors (Lipinski definition) is 2. The van der Waals surface area contributed by atoms with Gasteiger partial charge in [0.1, 0.15) is 0 Å². The fourth-order valence-electron chi connectivity index (χ4n) is 1.60. The Kier molecular flexibility index (Phi) is 9.01. The lowest BCUT2D eigenvalue weighted by molar-refractivity contribution is -0.138. The van der Waals surface area contributed by atoms with Gasteiger partial charge in [0.25, 0.3) is 0 Å². The third-order valence-corrected chi connectivity index (χ3v) is 3.35. The van der Waals surface area contributed by atoms with Crippen LogP contribution in [0, 0.1) is 0 Å². The Morgan fingerprint density at radius 2 is 1.90 bits per heavy atom. The Labute approximate surface area is 135 Å². The number of benzene rings is 1. The van der Waals surface area contributed by atoms with Gasteiger partial charge in [-0.1, -0.05) is 23.7 Å². The number of amides is 1. The Bertz CT molecular complexity index is 466. The molecule has 0 aliphatic heterocycles. The lowest BCUT2D eigenvalue weighted by atomic mass is 10.2. The van der Waals surface area contributed by atoms with Gasteiger partial charge in [-0.15, -0.1) is 12.4 Å². The third-order valence-electron chi connectivity index (χ3n) is 3.10. The van der Waals surface area contributed by atoms with Crippen molar-refractivity contribution in [1.82, 2.24) is 10.2 Å². The number of rotatable bonds is 7. The maximum Gasteiger partial charge on any atom is 0.304 e. The molecule has 1 aromatic carbocycles. The molecule has 0 spiro atoms. The molecule has 7 heteroatoms. The summed E-state index contributed by atoms with van der Waals surface area (Å²) in [4.78, 5) is 24.2. The van der Waals surface area contributed by atoms with Crippen LogP contribution in [-0.4, -0.2) is 41.5 Å².